The van der Waals surface area contributed by atoms with Gasteiger partial charge in [0.15, 0.2) is 5.82 Å². The molecule has 1 aliphatic carbocycles. The molecule has 1 aliphatic heterocycles. The van der Waals surface area contributed by atoms with E-state index >= 15 is 0 Å². The van der Waals surface area contributed by atoms with E-state index in [-0.39, 0.29) is 11.3 Å². The fourth-order valence-corrected chi connectivity index (χ4v) is 4.04. The lowest BCUT2D eigenvalue weighted by Gasteiger charge is -2.29. The summed E-state index contributed by atoms with van der Waals surface area (Å²) in [5.74, 6) is 0.312. The molecule has 0 amide bonds. The molecule has 5 rings (SSSR count). The SMILES string of the molecule is Oc1cc(-c2cn[nH]c2)c(F)cc1-c1ccc(N2CC[C@H](NC3CCC3)C2)nn1. The lowest BCUT2D eigenvalue weighted by atomic mass is 9.92. The van der Waals surface area contributed by atoms with Crippen molar-refractivity contribution in [3.8, 4) is 28.1 Å². The molecule has 1 atom stereocenters. The van der Waals surface area contributed by atoms with Crippen LogP contribution in [-0.2, 0) is 0 Å². The Morgan fingerprint density at radius 1 is 1.10 bits per heavy atom. The molecule has 8 heteroatoms. The molecule has 2 fully saturated rings. The smallest absolute Gasteiger partial charge is 0.151 e. The average molecular weight is 394 g/mol. The van der Waals surface area contributed by atoms with Gasteiger partial charge in [-0.1, -0.05) is 6.42 Å². The molecular weight excluding hydrogens is 371 g/mol. The molecule has 0 bridgehead atoms. The molecule has 1 saturated heterocycles. The molecule has 0 unspecified atom stereocenters. The summed E-state index contributed by atoms with van der Waals surface area (Å²) in [5, 5.41) is 29.2. The number of aromatic nitrogens is 4. The minimum Gasteiger partial charge on any atom is -0.507 e. The van der Waals surface area contributed by atoms with Gasteiger partial charge in [0.25, 0.3) is 0 Å². The first-order valence-corrected chi connectivity index (χ1v) is 10.0. The summed E-state index contributed by atoms with van der Waals surface area (Å²) in [6.07, 6.45) is 8.08. The van der Waals surface area contributed by atoms with E-state index in [2.05, 4.69) is 30.6 Å². The van der Waals surface area contributed by atoms with E-state index in [9.17, 15) is 9.50 Å². The third-order valence-electron chi connectivity index (χ3n) is 5.91. The molecule has 2 aromatic heterocycles. The quantitative estimate of drug-likeness (QED) is 0.616. The minimum absolute atomic E-state index is 0.0458. The lowest BCUT2D eigenvalue weighted by Crippen LogP contribution is -2.43. The summed E-state index contributed by atoms with van der Waals surface area (Å²) in [5.41, 5.74) is 1.61. The van der Waals surface area contributed by atoms with Crippen molar-refractivity contribution in [2.24, 2.45) is 0 Å². The summed E-state index contributed by atoms with van der Waals surface area (Å²) < 4.78 is 14.6. The van der Waals surface area contributed by atoms with Crippen molar-refractivity contribution in [1.82, 2.24) is 25.7 Å². The molecule has 29 heavy (non-hydrogen) atoms. The molecular formula is C21H23FN6O. The molecule has 3 heterocycles. The third kappa shape index (κ3) is 3.55. The number of hydrogen-bond acceptors (Lipinski definition) is 6. The molecule has 7 nitrogen and oxygen atoms in total. The van der Waals surface area contributed by atoms with Crippen LogP contribution < -0.4 is 10.2 Å². The molecule has 150 valence electrons. The van der Waals surface area contributed by atoms with Gasteiger partial charge in [-0.2, -0.15) is 5.10 Å². The predicted molar refractivity (Wildman–Crippen MR) is 108 cm³/mol. The molecule has 1 saturated carbocycles. The van der Waals surface area contributed by atoms with Crippen molar-refractivity contribution < 1.29 is 9.50 Å². The number of rotatable bonds is 5. The molecule has 1 aromatic carbocycles. The largest absolute Gasteiger partial charge is 0.507 e. The summed E-state index contributed by atoms with van der Waals surface area (Å²) in [4.78, 5) is 2.22. The van der Waals surface area contributed by atoms with Crippen LogP contribution in [0.25, 0.3) is 22.4 Å². The number of phenolic OH excluding ortho intramolecular Hbond substituents is 1. The number of anilines is 1. The second kappa shape index (κ2) is 7.44. The topological polar surface area (TPSA) is 90.0 Å². The minimum atomic E-state index is -0.450. The van der Waals surface area contributed by atoms with Crippen LogP contribution in [0, 0.1) is 5.82 Å². The van der Waals surface area contributed by atoms with Gasteiger partial charge in [0.1, 0.15) is 11.6 Å². The second-order valence-electron chi connectivity index (χ2n) is 7.84. The Morgan fingerprint density at radius 2 is 2.00 bits per heavy atom. The number of H-pyrrole nitrogens is 1. The Balaban J connectivity index is 1.32. The molecule has 2 aliphatic rings. The first-order chi connectivity index (χ1) is 14.2. The number of phenols is 1. The molecule has 0 radical (unpaired) electrons. The van der Waals surface area contributed by atoms with Gasteiger partial charge in [0, 0.05) is 48.1 Å². The van der Waals surface area contributed by atoms with Gasteiger partial charge in [0.2, 0.25) is 0 Å². The van der Waals surface area contributed by atoms with E-state index in [0.717, 1.165) is 25.3 Å². The van der Waals surface area contributed by atoms with E-state index in [0.29, 0.717) is 28.9 Å². The number of hydrogen-bond donors (Lipinski definition) is 3. The van der Waals surface area contributed by atoms with E-state index < -0.39 is 5.82 Å². The van der Waals surface area contributed by atoms with Gasteiger partial charge in [0.05, 0.1) is 11.9 Å². The predicted octanol–water partition coefficient (Wildman–Crippen LogP) is 3.10. The van der Waals surface area contributed by atoms with E-state index in [4.69, 9.17) is 0 Å². The Hall–Kier alpha value is -3.00. The number of halogens is 1. The van der Waals surface area contributed by atoms with Crippen molar-refractivity contribution in [1.29, 1.82) is 0 Å². The van der Waals surface area contributed by atoms with Gasteiger partial charge in [-0.25, -0.2) is 4.39 Å². The van der Waals surface area contributed by atoms with Crippen LogP contribution in [-0.4, -0.2) is 50.7 Å². The van der Waals surface area contributed by atoms with Gasteiger partial charge in [-0.05, 0) is 43.5 Å². The van der Waals surface area contributed by atoms with Crippen LogP contribution in [0.2, 0.25) is 0 Å². The number of aromatic amines is 1. The average Bonchev–Trinajstić information content (AvgIpc) is 3.38. The van der Waals surface area contributed by atoms with Gasteiger partial charge < -0.3 is 15.3 Å². The maximum atomic E-state index is 14.6. The fourth-order valence-electron chi connectivity index (χ4n) is 4.04. The van der Waals surface area contributed by atoms with Gasteiger partial charge in [-0.3, -0.25) is 5.10 Å². The zero-order chi connectivity index (χ0) is 19.8. The maximum absolute atomic E-state index is 14.6. The standard InChI is InChI=1S/C21H23FN6O/c22-18-8-17(20(29)9-16(18)13-10-23-24-11-13)19-4-5-21(27-26-19)28-7-6-15(12-28)25-14-2-1-3-14/h4-5,8-11,14-15,25,29H,1-3,6-7,12H2,(H,23,24)/t15-/m0/s1. The lowest BCUT2D eigenvalue weighted by molar-refractivity contribution is 0.311. The highest BCUT2D eigenvalue weighted by atomic mass is 19.1. The highest BCUT2D eigenvalue weighted by molar-refractivity contribution is 5.74. The molecule has 0 spiro atoms. The molecule has 3 aromatic rings. The Morgan fingerprint density at radius 3 is 2.69 bits per heavy atom. The van der Waals surface area contributed by atoms with E-state index in [1.54, 1.807) is 12.3 Å². The highest BCUT2D eigenvalue weighted by Crippen LogP contribution is 2.34. The first kappa shape index (κ1) is 18.1. The third-order valence-corrected chi connectivity index (χ3v) is 5.91. The monoisotopic (exact) mass is 394 g/mol. The van der Waals surface area contributed by atoms with Gasteiger partial charge in [-0.15, -0.1) is 10.2 Å². The zero-order valence-electron chi connectivity index (χ0n) is 16.0. The van der Waals surface area contributed by atoms with Crippen LogP contribution >= 0.6 is 0 Å². The van der Waals surface area contributed by atoms with Crippen molar-refractivity contribution in [3.05, 3.63) is 42.5 Å². The number of nitrogens with zero attached hydrogens (tertiary/aromatic N) is 4. The van der Waals surface area contributed by atoms with Crippen molar-refractivity contribution in [2.75, 3.05) is 18.0 Å². The Labute approximate surface area is 168 Å². The second-order valence-corrected chi connectivity index (χ2v) is 7.84. The van der Waals surface area contributed by atoms with Gasteiger partial charge >= 0.3 is 0 Å². The first-order valence-electron chi connectivity index (χ1n) is 10.0. The summed E-state index contributed by atoms with van der Waals surface area (Å²) >= 11 is 0. The molecule has 3 N–H and O–H groups in total. The normalized spacial score (nSPS) is 19.5. The van der Waals surface area contributed by atoms with Crippen LogP contribution in [0.1, 0.15) is 25.7 Å². The highest BCUT2D eigenvalue weighted by Gasteiger charge is 2.28. The fraction of sp³-hybridized carbons (Fsp3) is 0.381. The summed E-state index contributed by atoms with van der Waals surface area (Å²) in [6, 6.07) is 7.51. The summed E-state index contributed by atoms with van der Waals surface area (Å²) in [7, 11) is 0. The van der Waals surface area contributed by atoms with Crippen molar-refractivity contribution in [2.45, 2.75) is 37.8 Å². The van der Waals surface area contributed by atoms with Crippen LogP contribution in [0.4, 0.5) is 10.2 Å². The van der Waals surface area contributed by atoms with Crippen molar-refractivity contribution in [3.63, 3.8) is 0 Å². The van der Waals surface area contributed by atoms with E-state index in [1.807, 2.05) is 6.07 Å². The maximum Gasteiger partial charge on any atom is 0.151 e. The Bertz CT molecular complexity index is 987. The number of nitrogens with one attached hydrogen (secondary N) is 2. The number of aromatic hydroxyl groups is 1. The van der Waals surface area contributed by atoms with Crippen molar-refractivity contribution >= 4 is 5.82 Å². The number of benzene rings is 1. The summed E-state index contributed by atoms with van der Waals surface area (Å²) in [6.45, 7) is 1.86. The zero-order valence-corrected chi connectivity index (χ0v) is 16.0. The van der Waals surface area contributed by atoms with Crippen LogP contribution in [0.5, 0.6) is 5.75 Å². The van der Waals surface area contributed by atoms with Crippen LogP contribution in [0.15, 0.2) is 36.7 Å². The van der Waals surface area contributed by atoms with E-state index in [1.165, 1.54) is 37.6 Å². The Kier molecular flexibility index (Phi) is 4.63. The van der Waals surface area contributed by atoms with Crippen LogP contribution in [0.3, 0.4) is 0 Å².